The quantitative estimate of drug-likeness (QED) is 0.793. The van der Waals surface area contributed by atoms with Crippen molar-refractivity contribution in [2.75, 3.05) is 37.2 Å². The number of hydrogen-bond donors (Lipinski definition) is 2. The Morgan fingerprint density at radius 1 is 1.31 bits per heavy atom. The molecule has 0 saturated carbocycles. The molecule has 0 aliphatic carbocycles. The maximum atomic E-state index is 6.07. The average Bonchev–Trinajstić information content (AvgIpc) is 2.75. The Balaban J connectivity index is 1.84. The molecule has 1 aromatic rings. The van der Waals surface area contributed by atoms with Crippen molar-refractivity contribution in [3.8, 4) is 0 Å². The minimum Gasteiger partial charge on any atom is -0.397 e. The number of hydrogen-bond acceptors (Lipinski definition) is 3. The third-order valence-corrected chi connectivity index (χ3v) is 3.29. The van der Waals surface area contributed by atoms with E-state index in [1.54, 1.807) is 0 Å². The second-order valence-electron chi connectivity index (χ2n) is 4.18. The van der Waals surface area contributed by atoms with Gasteiger partial charge < -0.3 is 16.0 Å². The minimum atomic E-state index is 0.696. The molecule has 0 spiro atoms. The van der Waals surface area contributed by atoms with E-state index in [-0.39, 0.29) is 0 Å². The SMILES string of the molecule is Nc1cccc(Cl)c1NCCN1CCCC1. The van der Waals surface area contributed by atoms with Gasteiger partial charge in [-0.25, -0.2) is 0 Å². The maximum absolute atomic E-state index is 6.07. The van der Waals surface area contributed by atoms with Crippen molar-refractivity contribution in [3.05, 3.63) is 23.2 Å². The van der Waals surface area contributed by atoms with E-state index >= 15 is 0 Å². The Kier molecular flexibility index (Phi) is 3.91. The molecular weight excluding hydrogens is 222 g/mol. The Morgan fingerprint density at radius 2 is 2.06 bits per heavy atom. The zero-order valence-electron chi connectivity index (χ0n) is 9.38. The van der Waals surface area contributed by atoms with Gasteiger partial charge in [0.05, 0.1) is 16.4 Å². The Morgan fingerprint density at radius 3 is 2.75 bits per heavy atom. The molecule has 1 aliphatic rings. The highest BCUT2D eigenvalue weighted by Gasteiger charge is 2.11. The molecule has 3 nitrogen and oxygen atoms in total. The van der Waals surface area contributed by atoms with Crippen molar-refractivity contribution in [1.82, 2.24) is 4.90 Å². The van der Waals surface area contributed by atoms with Crippen LogP contribution in [0.5, 0.6) is 0 Å². The second-order valence-corrected chi connectivity index (χ2v) is 4.59. The molecule has 88 valence electrons. The lowest BCUT2D eigenvalue weighted by molar-refractivity contribution is 0.353. The first kappa shape index (κ1) is 11.6. The van der Waals surface area contributed by atoms with Crippen LogP contribution in [0.1, 0.15) is 12.8 Å². The number of halogens is 1. The molecule has 0 bridgehead atoms. The lowest BCUT2D eigenvalue weighted by Crippen LogP contribution is -2.26. The summed E-state index contributed by atoms with van der Waals surface area (Å²) in [6.07, 6.45) is 2.66. The minimum absolute atomic E-state index is 0.696. The molecular formula is C12H18ClN3. The zero-order chi connectivity index (χ0) is 11.4. The van der Waals surface area contributed by atoms with Gasteiger partial charge in [0.2, 0.25) is 0 Å². The van der Waals surface area contributed by atoms with Crippen LogP contribution < -0.4 is 11.1 Å². The van der Waals surface area contributed by atoms with Gasteiger partial charge in [0.25, 0.3) is 0 Å². The van der Waals surface area contributed by atoms with E-state index in [2.05, 4.69) is 10.2 Å². The predicted molar refractivity (Wildman–Crippen MR) is 70.0 cm³/mol. The molecule has 16 heavy (non-hydrogen) atoms. The number of nitrogens with two attached hydrogens (primary N) is 1. The zero-order valence-corrected chi connectivity index (χ0v) is 10.1. The molecule has 3 N–H and O–H groups in total. The average molecular weight is 240 g/mol. The molecule has 1 fully saturated rings. The van der Waals surface area contributed by atoms with Crippen LogP contribution in [-0.2, 0) is 0 Å². The van der Waals surface area contributed by atoms with Gasteiger partial charge in [-0.15, -0.1) is 0 Å². The highest BCUT2D eigenvalue weighted by molar-refractivity contribution is 6.33. The van der Waals surface area contributed by atoms with Gasteiger partial charge in [-0.05, 0) is 38.1 Å². The summed E-state index contributed by atoms with van der Waals surface area (Å²) < 4.78 is 0. The van der Waals surface area contributed by atoms with Crippen LogP contribution in [-0.4, -0.2) is 31.1 Å². The summed E-state index contributed by atoms with van der Waals surface area (Å²) in [5.74, 6) is 0. The third-order valence-electron chi connectivity index (χ3n) is 2.97. The smallest absolute Gasteiger partial charge is 0.0763 e. The monoisotopic (exact) mass is 239 g/mol. The van der Waals surface area contributed by atoms with E-state index < -0.39 is 0 Å². The van der Waals surface area contributed by atoms with Crippen molar-refractivity contribution in [1.29, 1.82) is 0 Å². The molecule has 0 unspecified atom stereocenters. The van der Waals surface area contributed by atoms with Crippen molar-refractivity contribution in [2.24, 2.45) is 0 Å². The topological polar surface area (TPSA) is 41.3 Å². The first-order chi connectivity index (χ1) is 7.77. The summed E-state index contributed by atoms with van der Waals surface area (Å²) in [5.41, 5.74) is 7.44. The van der Waals surface area contributed by atoms with Gasteiger partial charge in [0, 0.05) is 13.1 Å². The lowest BCUT2D eigenvalue weighted by Gasteiger charge is -2.16. The van der Waals surface area contributed by atoms with E-state index in [0.29, 0.717) is 10.7 Å². The Bertz CT molecular complexity index is 328. The second kappa shape index (κ2) is 5.41. The van der Waals surface area contributed by atoms with Crippen LogP contribution in [0.2, 0.25) is 5.02 Å². The molecule has 0 radical (unpaired) electrons. The van der Waals surface area contributed by atoms with Crippen molar-refractivity contribution in [3.63, 3.8) is 0 Å². The van der Waals surface area contributed by atoms with Crippen LogP contribution in [0, 0.1) is 0 Å². The number of benzene rings is 1. The van der Waals surface area contributed by atoms with Gasteiger partial charge in [0.1, 0.15) is 0 Å². The van der Waals surface area contributed by atoms with Crippen LogP contribution >= 0.6 is 11.6 Å². The molecule has 0 aromatic heterocycles. The molecule has 0 amide bonds. The van der Waals surface area contributed by atoms with Crippen LogP contribution in [0.3, 0.4) is 0 Å². The number of rotatable bonds is 4. The number of nitrogen functional groups attached to an aromatic ring is 1. The summed E-state index contributed by atoms with van der Waals surface area (Å²) in [4.78, 5) is 2.46. The summed E-state index contributed by atoms with van der Waals surface area (Å²) in [5, 5.41) is 4.01. The predicted octanol–water partition coefficient (Wildman–Crippen LogP) is 2.43. The standard InChI is InChI=1S/C12H18ClN3/c13-10-4-3-5-11(14)12(10)15-6-9-16-7-1-2-8-16/h3-5,15H,1-2,6-9,14H2. The van der Waals surface area contributed by atoms with Crippen LogP contribution in [0.4, 0.5) is 11.4 Å². The van der Waals surface area contributed by atoms with Gasteiger partial charge in [-0.2, -0.15) is 0 Å². The first-order valence-corrected chi connectivity index (χ1v) is 6.15. The molecule has 0 atom stereocenters. The van der Waals surface area contributed by atoms with Gasteiger partial charge in [0.15, 0.2) is 0 Å². The molecule has 2 rings (SSSR count). The molecule has 4 heteroatoms. The number of nitrogens with zero attached hydrogens (tertiary/aromatic N) is 1. The van der Waals surface area contributed by atoms with E-state index in [9.17, 15) is 0 Å². The van der Waals surface area contributed by atoms with Crippen LogP contribution in [0.15, 0.2) is 18.2 Å². The summed E-state index contributed by atoms with van der Waals surface area (Å²) in [6, 6.07) is 5.59. The summed E-state index contributed by atoms with van der Waals surface area (Å²) >= 11 is 6.07. The largest absolute Gasteiger partial charge is 0.397 e. The molecule has 1 aromatic carbocycles. The highest BCUT2D eigenvalue weighted by atomic mass is 35.5. The first-order valence-electron chi connectivity index (χ1n) is 5.77. The number of nitrogens with one attached hydrogen (secondary N) is 1. The fourth-order valence-corrected chi connectivity index (χ4v) is 2.32. The Hall–Kier alpha value is -0.930. The number of para-hydroxylation sites is 1. The van der Waals surface area contributed by atoms with Gasteiger partial charge in [-0.3, -0.25) is 0 Å². The van der Waals surface area contributed by atoms with Crippen molar-refractivity contribution in [2.45, 2.75) is 12.8 Å². The van der Waals surface area contributed by atoms with E-state index in [4.69, 9.17) is 17.3 Å². The summed E-state index contributed by atoms with van der Waals surface area (Å²) in [7, 11) is 0. The van der Waals surface area contributed by atoms with E-state index in [0.717, 1.165) is 18.8 Å². The highest BCUT2D eigenvalue weighted by Crippen LogP contribution is 2.27. The van der Waals surface area contributed by atoms with E-state index in [1.807, 2.05) is 18.2 Å². The molecule has 1 heterocycles. The fourth-order valence-electron chi connectivity index (χ4n) is 2.07. The van der Waals surface area contributed by atoms with Crippen molar-refractivity contribution >= 4 is 23.0 Å². The molecule has 1 aliphatic heterocycles. The maximum Gasteiger partial charge on any atom is 0.0763 e. The third kappa shape index (κ3) is 2.80. The van der Waals surface area contributed by atoms with Gasteiger partial charge in [-0.1, -0.05) is 17.7 Å². The normalized spacial score (nSPS) is 16.6. The Labute approximate surface area is 102 Å². The molecule has 1 saturated heterocycles. The fraction of sp³-hybridized carbons (Fsp3) is 0.500. The summed E-state index contributed by atoms with van der Waals surface area (Å²) in [6.45, 7) is 4.40. The number of likely N-dealkylation sites (tertiary alicyclic amines) is 1. The van der Waals surface area contributed by atoms with Gasteiger partial charge >= 0.3 is 0 Å². The van der Waals surface area contributed by atoms with E-state index in [1.165, 1.54) is 25.9 Å². The van der Waals surface area contributed by atoms with Crippen LogP contribution in [0.25, 0.3) is 0 Å². The number of anilines is 2. The lowest BCUT2D eigenvalue weighted by atomic mass is 10.2. The van der Waals surface area contributed by atoms with Crippen molar-refractivity contribution < 1.29 is 0 Å².